The smallest absolute Gasteiger partial charge is 0.228 e. The molecule has 1 amide bonds. The van der Waals surface area contributed by atoms with Gasteiger partial charge < -0.3 is 9.88 Å². The summed E-state index contributed by atoms with van der Waals surface area (Å²) in [5, 5.41) is 5.35. The molecular formula is C17H17N3OS. The summed E-state index contributed by atoms with van der Waals surface area (Å²) in [7, 11) is 0. The van der Waals surface area contributed by atoms with Crippen LogP contribution in [0.15, 0.2) is 60.4 Å². The molecule has 3 aromatic rings. The van der Waals surface area contributed by atoms with E-state index in [-0.39, 0.29) is 11.9 Å². The predicted octanol–water partition coefficient (Wildman–Crippen LogP) is 3.87. The zero-order valence-electron chi connectivity index (χ0n) is 12.3. The minimum Gasteiger partial charge on any atom is -0.346 e. The summed E-state index contributed by atoms with van der Waals surface area (Å²) in [6.07, 6.45) is 6.05. The average Bonchev–Trinajstić information content (AvgIpc) is 3.19. The molecule has 1 unspecified atom stereocenters. The van der Waals surface area contributed by atoms with Gasteiger partial charge in [0.05, 0.1) is 12.5 Å². The van der Waals surface area contributed by atoms with Gasteiger partial charge in [0.15, 0.2) is 5.13 Å². The number of hydrogen-bond acceptors (Lipinski definition) is 3. The minimum absolute atomic E-state index is 0.0174. The van der Waals surface area contributed by atoms with E-state index in [1.54, 1.807) is 6.20 Å². The third-order valence-electron chi connectivity index (χ3n) is 3.59. The molecule has 0 fully saturated rings. The third-order valence-corrected chi connectivity index (χ3v) is 4.28. The maximum atomic E-state index is 12.3. The summed E-state index contributed by atoms with van der Waals surface area (Å²) in [6.45, 7) is 2.07. The van der Waals surface area contributed by atoms with Crippen LogP contribution in [0.1, 0.15) is 23.6 Å². The minimum atomic E-state index is -0.0306. The Balaban J connectivity index is 1.84. The van der Waals surface area contributed by atoms with Gasteiger partial charge >= 0.3 is 0 Å². The van der Waals surface area contributed by atoms with Crippen molar-refractivity contribution < 1.29 is 4.79 Å². The molecule has 1 aromatic carbocycles. The van der Waals surface area contributed by atoms with Crippen LogP contribution < -0.4 is 5.32 Å². The number of amides is 1. The van der Waals surface area contributed by atoms with Gasteiger partial charge in [-0.15, -0.1) is 11.3 Å². The topological polar surface area (TPSA) is 46.9 Å². The van der Waals surface area contributed by atoms with E-state index in [4.69, 9.17) is 0 Å². The highest BCUT2D eigenvalue weighted by Crippen LogP contribution is 2.26. The molecule has 0 radical (unpaired) electrons. The first kappa shape index (κ1) is 14.5. The fraction of sp³-hybridized carbons (Fsp3) is 0.176. The van der Waals surface area contributed by atoms with Crippen molar-refractivity contribution in [1.82, 2.24) is 9.55 Å². The molecule has 0 saturated carbocycles. The predicted molar refractivity (Wildman–Crippen MR) is 89.1 cm³/mol. The molecule has 0 aliphatic rings. The summed E-state index contributed by atoms with van der Waals surface area (Å²) in [5.41, 5.74) is 2.34. The van der Waals surface area contributed by atoms with E-state index in [1.807, 2.05) is 42.0 Å². The van der Waals surface area contributed by atoms with Gasteiger partial charge in [-0.1, -0.05) is 24.3 Å². The lowest BCUT2D eigenvalue weighted by Crippen LogP contribution is -2.20. The molecule has 0 saturated heterocycles. The molecule has 0 aliphatic heterocycles. The van der Waals surface area contributed by atoms with Crippen LogP contribution in [0.3, 0.4) is 0 Å². The number of carbonyl (C=O) groups is 1. The average molecular weight is 311 g/mol. The molecule has 0 bridgehead atoms. The number of nitrogens with one attached hydrogen (secondary N) is 1. The summed E-state index contributed by atoms with van der Waals surface area (Å²) in [6, 6.07) is 12.1. The number of benzene rings is 1. The van der Waals surface area contributed by atoms with Crippen LogP contribution in [0.5, 0.6) is 0 Å². The van der Waals surface area contributed by atoms with Crippen LogP contribution in [-0.2, 0) is 4.79 Å². The lowest BCUT2D eigenvalue weighted by Gasteiger charge is -2.21. The van der Waals surface area contributed by atoms with Gasteiger partial charge in [-0.2, -0.15) is 0 Å². The Morgan fingerprint density at radius 1 is 1.27 bits per heavy atom. The Kier molecular flexibility index (Phi) is 4.34. The molecule has 3 rings (SSSR count). The molecule has 0 aliphatic carbocycles. The first-order valence-corrected chi connectivity index (χ1v) is 7.99. The summed E-state index contributed by atoms with van der Waals surface area (Å²) >= 11 is 1.42. The molecular weight excluding hydrogens is 294 g/mol. The lowest BCUT2D eigenvalue weighted by molar-refractivity contribution is -0.116. The molecule has 1 atom stereocenters. The highest BCUT2D eigenvalue weighted by molar-refractivity contribution is 7.13. The summed E-state index contributed by atoms with van der Waals surface area (Å²) in [5.74, 6) is -0.0306. The van der Waals surface area contributed by atoms with Crippen LogP contribution in [-0.4, -0.2) is 15.5 Å². The largest absolute Gasteiger partial charge is 0.346 e. The Morgan fingerprint density at radius 2 is 2.05 bits per heavy atom. The number of carbonyl (C=O) groups excluding carboxylic acids is 1. The molecule has 112 valence electrons. The van der Waals surface area contributed by atoms with Crippen molar-refractivity contribution in [2.45, 2.75) is 19.4 Å². The van der Waals surface area contributed by atoms with Crippen molar-refractivity contribution in [2.24, 2.45) is 0 Å². The fourth-order valence-electron chi connectivity index (χ4n) is 2.52. The Hall–Kier alpha value is -2.40. The van der Waals surface area contributed by atoms with E-state index in [0.29, 0.717) is 11.6 Å². The van der Waals surface area contributed by atoms with Gasteiger partial charge in [-0.3, -0.25) is 4.79 Å². The van der Waals surface area contributed by atoms with E-state index in [1.165, 1.54) is 16.9 Å². The maximum Gasteiger partial charge on any atom is 0.228 e. The standard InChI is InChI=1S/C17H17N3OS/c1-13-6-2-3-7-14(13)15(20-9-4-5-10-20)12-16(21)19-17-18-8-11-22-17/h2-11,15H,12H2,1H3,(H,18,19,21). The first-order chi connectivity index (χ1) is 10.7. The van der Waals surface area contributed by atoms with Crippen molar-refractivity contribution in [3.05, 3.63) is 71.5 Å². The van der Waals surface area contributed by atoms with E-state index in [2.05, 4.69) is 33.9 Å². The van der Waals surface area contributed by atoms with Gasteiger partial charge in [0.1, 0.15) is 0 Å². The normalized spacial score (nSPS) is 12.0. The summed E-state index contributed by atoms with van der Waals surface area (Å²) < 4.78 is 2.07. The zero-order chi connectivity index (χ0) is 15.4. The molecule has 2 heterocycles. The Labute approximate surface area is 133 Å². The molecule has 2 aromatic heterocycles. The van der Waals surface area contributed by atoms with E-state index < -0.39 is 0 Å². The molecule has 22 heavy (non-hydrogen) atoms. The van der Waals surface area contributed by atoms with Gasteiger partial charge in [-0.25, -0.2) is 4.98 Å². The number of anilines is 1. The molecule has 1 N–H and O–H groups in total. The van der Waals surface area contributed by atoms with Crippen molar-refractivity contribution in [2.75, 3.05) is 5.32 Å². The van der Waals surface area contributed by atoms with Crippen molar-refractivity contribution in [3.8, 4) is 0 Å². The number of nitrogens with zero attached hydrogens (tertiary/aromatic N) is 2. The number of aryl methyl sites for hydroxylation is 1. The Bertz CT molecular complexity index is 735. The number of hydrogen-bond donors (Lipinski definition) is 1. The van der Waals surface area contributed by atoms with Gasteiger partial charge in [-0.05, 0) is 30.2 Å². The van der Waals surface area contributed by atoms with Crippen LogP contribution >= 0.6 is 11.3 Å². The van der Waals surface area contributed by atoms with E-state index in [9.17, 15) is 4.79 Å². The SMILES string of the molecule is Cc1ccccc1C(CC(=O)Nc1nccs1)n1cccc1. The fourth-order valence-corrected chi connectivity index (χ4v) is 3.07. The van der Waals surface area contributed by atoms with Crippen LogP contribution in [0.2, 0.25) is 0 Å². The monoisotopic (exact) mass is 311 g/mol. The van der Waals surface area contributed by atoms with E-state index >= 15 is 0 Å². The number of rotatable bonds is 5. The highest BCUT2D eigenvalue weighted by atomic mass is 32.1. The second kappa shape index (κ2) is 6.58. The van der Waals surface area contributed by atoms with Crippen molar-refractivity contribution in [1.29, 1.82) is 0 Å². The van der Waals surface area contributed by atoms with Gasteiger partial charge in [0.25, 0.3) is 0 Å². The highest BCUT2D eigenvalue weighted by Gasteiger charge is 2.19. The second-order valence-electron chi connectivity index (χ2n) is 5.09. The first-order valence-electron chi connectivity index (χ1n) is 7.11. The molecule has 4 nitrogen and oxygen atoms in total. The van der Waals surface area contributed by atoms with Crippen LogP contribution in [0.25, 0.3) is 0 Å². The number of aromatic nitrogens is 2. The zero-order valence-corrected chi connectivity index (χ0v) is 13.1. The van der Waals surface area contributed by atoms with Gasteiger partial charge in [0.2, 0.25) is 5.91 Å². The number of thiazole rings is 1. The molecule has 5 heteroatoms. The van der Waals surface area contributed by atoms with Gasteiger partial charge in [0, 0.05) is 24.0 Å². The van der Waals surface area contributed by atoms with E-state index in [0.717, 1.165) is 5.56 Å². The van der Waals surface area contributed by atoms with Crippen molar-refractivity contribution in [3.63, 3.8) is 0 Å². The Morgan fingerprint density at radius 3 is 2.73 bits per heavy atom. The summed E-state index contributed by atoms with van der Waals surface area (Å²) in [4.78, 5) is 16.4. The molecule has 0 spiro atoms. The third kappa shape index (κ3) is 3.26. The lowest BCUT2D eigenvalue weighted by atomic mass is 9.98. The van der Waals surface area contributed by atoms with Crippen molar-refractivity contribution >= 4 is 22.4 Å². The quantitative estimate of drug-likeness (QED) is 0.777. The van der Waals surface area contributed by atoms with Crippen LogP contribution in [0.4, 0.5) is 5.13 Å². The van der Waals surface area contributed by atoms with Crippen LogP contribution in [0, 0.1) is 6.92 Å². The maximum absolute atomic E-state index is 12.3. The second-order valence-corrected chi connectivity index (χ2v) is 5.99.